The zero-order chi connectivity index (χ0) is 12.5. The maximum absolute atomic E-state index is 11.1. The van der Waals surface area contributed by atoms with Crippen LogP contribution in [0.3, 0.4) is 0 Å². The van der Waals surface area contributed by atoms with Gasteiger partial charge < -0.3 is 9.52 Å². The lowest BCUT2D eigenvalue weighted by Gasteiger charge is -1.92. The molecule has 0 bridgehead atoms. The number of aromatic nitrogens is 3. The minimum atomic E-state index is -1.03. The summed E-state index contributed by atoms with van der Waals surface area (Å²) in [5, 5.41) is 16.4. The lowest BCUT2D eigenvalue weighted by Crippen LogP contribution is -1.96. The first kappa shape index (κ1) is 10.4. The second-order valence-electron chi connectivity index (χ2n) is 3.61. The van der Waals surface area contributed by atoms with Crippen molar-refractivity contribution in [2.75, 3.05) is 0 Å². The maximum atomic E-state index is 11.1. The molecule has 18 heavy (non-hydrogen) atoms. The van der Waals surface area contributed by atoms with Gasteiger partial charge in [0, 0.05) is 0 Å². The Hall–Kier alpha value is -2.76. The van der Waals surface area contributed by atoms with Crippen LogP contribution in [-0.4, -0.2) is 26.3 Å². The quantitative estimate of drug-likeness (QED) is 0.737. The highest BCUT2D eigenvalue weighted by Crippen LogP contribution is 2.25. The first-order chi connectivity index (χ1) is 8.75. The van der Waals surface area contributed by atoms with Gasteiger partial charge in [0.2, 0.25) is 5.89 Å². The molecule has 1 aromatic carbocycles. The molecule has 0 unspecified atom stereocenters. The number of rotatable bonds is 2. The van der Waals surface area contributed by atoms with Gasteiger partial charge in [0.15, 0.2) is 5.58 Å². The minimum absolute atomic E-state index is 0.115. The fraction of sp³-hybridized carbons (Fsp3) is 0. The number of carbonyl (C=O) groups is 1. The molecular formula is C12H7N3O3. The van der Waals surface area contributed by atoms with Gasteiger partial charge in [-0.15, -0.1) is 0 Å². The van der Waals surface area contributed by atoms with Gasteiger partial charge in [0.05, 0.1) is 23.5 Å². The van der Waals surface area contributed by atoms with E-state index in [0.717, 1.165) is 0 Å². The van der Waals surface area contributed by atoms with E-state index < -0.39 is 5.97 Å². The van der Waals surface area contributed by atoms with Crippen LogP contribution in [0, 0.1) is 0 Å². The highest BCUT2D eigenvalue weighted by molar-refractivity contribution is 6.00. The largest absolute Gasteiger partial charge is 0.478 e. The normalized spacial score (nSPS) is 10.7. The number of nitrogens with zero attached hydrogens (tertiary/aromatic N) is 3. The molecule has 6 heteroatoms. The number of carboxylic acids is 1. The average Bonchev–Trinajstić information content (AvgIpc) is 2.83. The van der Waals surface area contributed by atoms with E-state index in [0.29, 0.717) is 22.6 Å². The highest BCUT2D eigenvalue weighted by Gasteiger charge is 2.15. The smallest absolute Gasteiger partial charge is 0.338 e. The Balaban J connectivity index is 2.23. The number of aromatic carboxylic acids is 1. The molecule has 6 nitrogen and oxygen atoms in total. The van der Waals surface area contributed by atoms with Gasteiger partial charge in [-0.05, 0) is 18.2 Å². The van der Waals surface area contributed by atoms with Crippen molar-refractivity contribution in [3.05, 3.63) is 42.2 Å². The summed E-state index contributed by atoms with van der Waals surface area (Å²) in [6, 6.07) is 6.47. The molecule has 0 aliphatic rings. The Labute approximate surface area is 101 Å². The van der Waals surface area contributed by atoms with Crippen LogP contribution in [0.1, 0.15) is 10.4 Å². The van der Waals surface area contributed by atoms with E-state index in [2.05, 4.69) is 15.2 Å². The van der Waals surface area contributed by atoms with Crippen LogP contribution in [0.25, 0.3) is 22.6 Å². The zero-order valence-electron chi connectivity index (χ0n) is 9.07. The van der Waals surface area contributed by atoms with E-state index in [1.165, 1.54) is 18.5 Å². The first-order valence-corrected chi connectivity index (χ1v) is 5.15. The topological polar surface area (TPSA) is 89.1 Å². The standard InChI is InChI=1S/C12H7N3O3/c16-12(17)8-2-1-3-9-10(8)15-11(18-9)7-4-5-13-14-6-7/h1-6H,(H,16,17). The fourth-order valence-corrected chi connectivity index (χ4v) is 1.66. The van der Waals surface area contributed by atoms with Gasteiger partial charge in [-0.2, -0.15) is 10.2 Å². The number of benzene rings is 1. The summed E-state index contributed by atoms with van der Waals surface area (Å²) in [6.07, 6.45) is 3.02. The molecular weight excluding hydrogens is 234 g/mol. The number of fused-ring (bicyclic) bond motifs is 1. The third-order valence-electron chi connectivity index (χ3n) is 2.48. The van der Waals surface area contributed by atoms with Crippen LogP contribution in [0.4, 0.5) is 0 Å². The molecule has 0 atom stereocenters. The summed E-state index contributed by atoms with van der Waals surface area (Å²) in [5.41, 5.74) is 1.53. The minimum Gasteiger partial charge on any atom is -0.478 e. The van der Waals surface area contributed by atoms with Gasteiger partial charge in [-0.25, -0.2) is 9.78 Å². The van der Waals surface area contributed by atoms with Crippen molar-refractivity contribution in [3.63, 3.8) is 0 Å². The molecule has 0 saturated carbocycles. The average molecular weight is 241 g/mol. The molecule has 0 aliphatic heterocycles. The van der Waals surface area contributed by atoms with Crippen molar-refractivity contribution in [1.29, 1.82) is 0 Å². The molecule has 3 aromatic rings. The number of para-hydroxylation sites is 1. The Morgan fingerprint density at radius 1 is 1.22 bits per heavy atom. The predicted octanol–water partition coefficient (Wildman–Crippen LogP) is 1.98. The van der Waals surface area contributed by atoms with Crippen molar-refractivity contribution in [2.45, 2.75) is 0 Å². The molecule has 2 aromatic heterocycles. The predicted molar refractivity (Wildman–Crippen MR) is 62.0 cm³/mol. The van der Waals surface area contributed by atoms with E-state index in [-0.39, 0.29) is 5.56 Å². The zero-order valence-corrected chi connectivity index (χ0v) is 9.07. The fourth-order valence-electron chi connectivity index (χ4n) is 1.66. The van der Waals surface area contributed by atoms with Crippen LogP contribution < -0.4 is 0 Å². The Morgan fingerprint density at radius 2 is 2.11 bits per heavy atom. The van der Waals surface area contributed by atoms with Gasteiger partial charge >= 0.3 is 5.97 Å². The molecule has 88 valence electrons. The monoisotopic (exact) mass is 241 g/mol. The van der Waals surface area contributed by atoms with E-state index in [1.807, 2.05) is 0 Å². The molecule has 2 heterocycles. The lowest BCUT2D eigenvalue weighted by molar-refractivity contribution is 0.0699. The molecule has 0 amide bonds. The van der Waals surface area contributed by atoms with Crippen molar-refractivity contribution >= 4 is 17.1 Å². The first-order valence-electron chi connectivity index (χ1n) is 5.15. The Bertz CT molecular complexity index is 722. The van der Waals surface area contributed by atoms with Crippen LogP contribution in [-0.2, 0) is 0 Å². The second kappa shape index (κ2) is 3.92. The van der Waals surface area contributed by atoms with Gasteiger partial charge in [-0.1, -0.05) is 6.07 Å². The molecule has 0 fully saturated rings. The summed E-state index contributed by atoms with van der Waals surface area (Å²) < 4.78 is 5.50. The number of hydrogen-bond acceptors (Lipinski definition) is 5. The summed E-state index contributed by atoms with van der Waals surface area (Å²) in [6.45, 7) is 0. The maximum Gasteiger partial charge on any atom is 0.338 e. The van der Waals surface area contributed by atoms with Crippen LogP contribution >= 0.6 is 0 Å². The van der Waals surface area contributed by atoms with Crippen molar-refractivity contribution in [2.24, 2.45) is 0 Å². The van der Waals surface area contributed by atoms with E-state index in [9.17, 15) is 4.79 Å². The number of carboxylic acid groups (broad SMARTS) is 1. The molecule has 0 spiro atoms. The molecule has 0 radical (unpaired) electrons. The second-order valence-corrected chi connectivity index (χ2v) is 3.61. The van der Waals surface area contributed by atoms with Gasteiger partial charge in [0.1, 0.15) is 5.52 Å². The number of oxazole rings is 1. The number of hydrogen-bond donors (Lipinski definition) is 1. The van der Waals surface area contributed by atoms with Crippen LogP contribution in [0.5, 0.6) is 0 Å². The van der Waals surface area contributed by atoms with E-state index in [4.69, 9.17) is 9.52 Å². The van der Waals surface area contributed by atoms with Crippen LogP contribution in [0.2, 0.25) is 0 Å². The SMILES string of the molecule is O=C(O)c1cccc2oc(-c3ccnnc3)nc12. The van der Waals surface area contributed by atoms with E-state index in [1.54, 1.807) is 18.2 Å². The highest BCUT2D eigenvalue weighted by atomic mass is 16.4. The van der Waals surface area contributed by atoms with Gasteiger partial charge in [-0.3, -0.25) is 0 Å². The third-order valence-corrected chi connectivity index (χ3v) is 2.48. The summed E-state index contributed by atoms with van der Waals surface area (Å²) in [5.74, 6) is -0.707. The molecule has 0 aliphatic carbocycles. The summed E-state index contributed by atoms with van der Waals surface area (Å²) in [4.78, 5) is 15.2. The Kier molecular flexibility index (Phi) is 2.26. The molecule has 0 saturated heterocycles. The third kappa shape index (κ3) is 1.60. The van der Waals surface area contributed by atoms with Crippen molar-refractivity contribution in [3.8, 4) is 11.5 Å². The van der Waals surface area contributed by atoms with Crippen molar-refractivity contribution < 1.29 is 14.3 Å². The van der Waals surface area contributed by atoms with Crippen LogP contribution in [0.15, 0.2) is 41.1 Å². The lowest BCUT2D eigenvalue weighted by atomic mass is 10.2. The van der Waals surface area contributed by atoms with Gasteiger partial charge in [0.25, 0.3) is 0 Å². The van der Waals surface area contributed by atoms with Crippen molar-refractivity contribution in [1.82, 2.24) is 15.2 Å². The Morgan fingerprint density at radius 3 is 2.83 bits per heavy atom. The summed E-state index contributed by atoms with van der Waals surface area (Å²) >= 11 is 0. The molecule has 1 N–H and O–H groups in total. The molecule has 3 rings (SSSR count). The van der Waals surface area contributed by atoms with E-state index >= 15 is 0 Å². The summed E-state index contributed by atoms with van der Waals surface area (Å²) in [7, 11) is 0.